The van der Waals surface area contributed by atoms with Gasteiger partial charge in [0.1, 0.15) is 5.69 Å². The molecule has 174 valence electrons. The summed E-state index contributed by atoms with van der Waals surface area (Å²) in [6.07, 6.45) is 4.30. The number of piperidine rings is 1. The van der Waals surface area contributed by atoms with Crippen molar-refractivity contribution in [3.8, 4) is 16.9 Å². The Kier molecular flexibility index (Phi) is 6.67. The number of hydrogen-bond acceptors (Lipinski definition) is 4. The first-order chi connectivity index (χ1) is 15.8. The molecule has 1 saturated heterocycles. The summed E-state index contributed by atoms with van der Waals surface area (Å²) < 4.78 is 27.5. The molecule has 7 nitrogen and oxygen atoms in total. The van der Waals surface area contributed by atoms with E-state index in [9.17, 15) is 13.2 Å². The van der Waals surface area contributed by atoms with Gasteiger partial charge >= 0.3 is 0 Å². The van der Waals surface area contributed by atoms with Crippen LogP contribution in [0.5, 0.6) is 0 Å². The van der Waals surface area contributed by atoms with E-state index < -0.39 is 10.0 Å². The Morgan fingerprint density at radius 2 is 1.70 bits per heavy atom. The molecule has 1 aliphatic heterocycles. The molecular formula is C25H30N4O3S. The minimum atomic E-state index is -3.26. The minimum absolute atomic E-state index is 0.0723. The summed E-state index contributed by atoms with van der Waals surface area (Å²) in [7, 11) is -3.26. The smallest absolute Gasteiger partial charge is 0.257 e. The van der Waals surface area contributed by atoms with Gasteiger partial charge in [0.05, 0.1) is 17.5 Å². The fourth-order valence-corrected chi connectivity index (χ4v) is 5.79. The van der Waals surface area contributed by atoms with Gasteiger partial charge in [-0.3, -0.25) is 4.79 Å². The van der Waals surface area contributed by atoms with Crippen molar-refractivity contribution in [1.82, 2.24) is 19.0 Å². The zero-order chi connectivity index (χ0) is 23.6. The molecule has 0 unspecified atom stereocenters. The van der Waals surface area contributed by atoms with Gasteiger partial charge in [-0.1, -0.05) is 49.4 Å². The molecule has 1 aliphatic rings. The molecule has 0 aliphatic carbocycles. The normalized spacial score (nSPS) is 15.2. The summed E-state index contributed by atoms with van der Waals surface area (Å²) in [6, 6.07) is 17.6. The second-order valence-corrected chi connectivity index (χ2v) is 10.4. The van der Waals surface area contributed by atoms with E-state index in [-0.39, 0.29) is 11.9 Å². The predicted octanol–water partition coefficient (Wildman–Crippen LogP) is 3.73. The third-order valence-corrected chi connectivity index (χ3v) is 7.67. The number of hydrogen-bond donors (Lipinski definition) is 0. The lowest BCUT2D eigenvalue weighted by molar-refractivity contribution is 0.0681. The molecule has 0 bridgehead atoms. The van der Waals surface area contributed by atoms with E-state index in [0.29, 0.717) is 43.7 Å². The zero-order valence-corrected chi connectivity index (χ0v) is 20.1. The van der Waals surface area contributed by atoms with Gasteiger partial charge in [-0.2, -0.15) is 9.40 Å². The van der Waals surface area contributed by atoms with Gasteiger partial charge in [0, 0.05) is 37.4 Å². The molecule has 0 radical (unpaired) electrons. The highest BCUT2D eigenvalue weighted by atomic mass is 32.2. The minimum Gasteiger partial charge on any atom is -0.338 e. The first kappa shape index (κ1) is 23.2. The Balaban J connectivity index is 1.64. The van der Waals surface area contributed by atoms with E-state index in [1.807, 2.05) is 73.3 Å². The highest BCUT2D eigenvalue weighted by molar-refractivity contribution is 7.88. The lowest BCUT2D eigenvalue weighted by atomic mass is 10.0. The number of likely N-dealkylation sites (tertiary alicyclic amines) is 1. The molecule has 3 aromatic rings. The Morgan fingerprint density at radius 3 is 2.30 bits per heavy atom. The van der Waals surface area contributed by atoms with Gasteiger partial charge in [0.25, 0.3) is 5.91 Å². The van der Waals surface area contributed by atoms with Gasteiger partial charge in [-0.25, -0.2) is 13.1 Å². The molecule has 1 amide bonds. The Bertz CT molecular complexity index is 1230. The second kappa shape index (κ2) is 9.49. The molecule has 33 heavy (non-hydrogen) atoms. The first-order valence-electron chi connectivity index (χ1n) is 11.3. The maximum absolute atomic E-state index is 13.6. The van der Waals surface area contributed by atoms with Gasteiger partial charge in [0.2, 0.25) is 10.0 Å². The maximum Gasteiger partial charge on any atom is 0.257 e. The molecule has 2 aromatic carbocycles. The molecule has 0 N–H and O–H groups in total. The van der Waals surface area contributed by atoms with E-state index in [2.05, 4.69) is 0 Å². The van der Waals surface area contributed by atoms with Gasteiger partial charge in [-0.05, 0) is 37.5 Å². The van der Waals surface area contributed by atoms with Crippen LogP contribution < -0.4 is 0 Å². The third kappa shape index (κ3) is 4.86. The first-order valence-corrected chi connectivity index (χ1v) is 13.1. The average molecular weight is 467 g/mol. The quantitative estimate of drug-likeness (QED) is 0.555. The Hall–Kier alpha value is -2.97. The topological polar surface area (TPSA) is 75.5 Å². The monoisotopic (exact) mass is 466 g/mol. The van der Waals surface area contributed by atoms with Crippen LogP contribution in [0.1, 0.15) is 35.7 Å². The molecule has 0 spiro atoms. The summed E-state index contributed by atoms with van der Waals surface area (Å²) in [6.45, 7) is 5.34. The van der Waals surface area contributed by atoms with Gasteiger partial charge < -0.3 is 4.90 Å². The molecule has 1 fully saturated rings. The maximum atomic E-state index is 13.6. The van der Waals surface area contributed by atoms with Crippen molar-refractivity contribution in [3.05, 3.63) is 71.9 Å². The molecular weight excluding hydrogens is 436 g/mol. The molecule has 4 rings (SSSR count). The van der Waals surface area contributed by atoms with Crippen molar-refractivity contribution in [2.75, 3.05) is 25.9 Å². The molecule has 0 atom stereocenters. The van der Waals surface area contributed by atoms with Crippen molar-refractivity contribution < 1.29 is 13.2 Å². The average Bonchev–Trinajstić information content (AvgIpc) is 3.25. The van der Waals surface area contributed by atoms with E-state index in [1.165, 1.54) is 6.26 Å². The van der Waals surface area contributed by atoms with Crippen molar-refractivity contribution in [2.45, 2.75) is 32.7 Å². The number of carbonyl (C=O) groups excluding carboxylic acids is 1. The number of para-hydroxylation sites is 1. The number of benzene rings is 2. The Labute approximate surface area is 195 Å². The van der Waals surface area contributed by atoms with E-state index in [4.69, 9.17) is 5.10 Å². The number of sulfonamides is 1. The summed E-state index contributed by atoms with van der Waals surface area (Å²) >= 11 is 0. The molecule has 2 heterocycles. The SMILES string of the molecule is CCN(C1CCN(C(=O)c2cn(-c3ccccc3)nc2-c2ccccc2C)CC1)S(C)(=O)=O. The summed E-state index contributed by atoms with van der Waals surface area (Å²) in [5, 5.41) is 4.80. The lowest BCUT2D eigenvalue weighted by Crippen LogP contribution is -2.48. The molecule has 0 saturated carbocycles. The second-order valence-electron chi connectivity index (χ2n) is 8.48. The zero-order valence-electron chi connectivity index (χ0n) is 19.3. The fourth-order valence-electron chi connectivity index (χ4n) is 4.57. The van der Waals surface area contributed by atoms with Crippen molar-refractivity contribution >= 4 is 15.9 Å². The number of aromatic nitrogens is 2. The number of nitrogens with zero attached hydrogens (tertiary/aromatic N) is 4. The van der Waals surface area contributed by atoms with Crippen LogP contribution in [0.2, 0.25) is 0 Å². The third-order valence-electron chi connectivity index (χ3n) is 6.26. The van der Waals surface area contributed by atoms with Crippen LogP contribution >= 0.6 is 0 Å². The van der Waals surface area contributed by atoms with Crippen LogP contribution in [-0.4, -0.2) is 65.2 Å². The molecule has 8 heteroatoms. The summed E-state index contributed by atoms with van der Waals surface area (Å²) in [4.78, 5) is 15.5. The van der Waals surface area contributed by atoms with Crippen LogP contribution in [0.25, 0.3) is 16.9 Å². The van der Waals surface area contributed by atoms with E-state index in [0.717, 1.165) is 16.8 Å². The lowest BCUT2D eigenvalue weighted by Gasteiger charge is -2.36. The summed E-state index contributed by atoms with van der Waals surface area (Å²) in [5.41, 5.74) is 4.09. The van der Waals surface area contributed by atoms with Crippen LogP contribution in [0.3, 0.4) is 0 Å². The van der Waals surface area contributed by atoms with Gasteiger partial charge in [-0.15, -0.1) is 0 Å². The number of carbonyl (C=O) groups is 1. The number of aryl methyl sites for hydroxylation is 1. The van der Waals surface area contributed by atoms with Crippen molar-refractivity contribution in [2.24, 2.45) is 0 Å². The molecule has 1 aromatic heterocycles. The largest absolute Gasteiger partial charge is 0.338 e. The number of rotatable bonds is 6. The number of amides is 1. The van der Waals surface area contributed by atoms with E-state index in [1.54, 1.807) is 15.2 Å². The highest BCUT2D eigenvalue weighted by Crippen LogP contribution is 2.29. The Morgan fingerprint density at radius 1 is 1.06 bits per heavy atom. The van der Waals surface area contributed by atoms with E-state index >= 15 is 0 Å². The standard InChI is InChI=1S/C25H30N4O3S/c1-4-29(33(3,31)32)21-14-16-27(17-15-21)25(30)23-18-28(20-11-6-5-7-12-20)26-24(23)22-13-9-8-10-19(22)2/h5-13,18,21H,4,14-17H2,1-3H3. The van der Waals surface area contributed by atoms with Crippen LogP contribution in [0, 0.1) is 6.92 Å². The van der Waals surface area contributed by atoms with Crippen LogP contribution in [0.4, 0.5) is 0 Å². The van der Waals surface area contributed by atoms with Crippen molar-refractivity contribution in [1.29, 1.82) is 0 Å². The van der Waals surface area contributed by atoms with Crippen LogP contribution in [0.15, 0.2) is 60.8 Å². The van der Waals surface area contributed by atoms with Crippen LogP contribution in [-0.2, 0) is 10.0 Å². The van der Waals surface area contributed by atoms with Gasteiger partial charge in [0.15, 0.2) is 0 Å². The fraction of sp³-hybridized carbons (Fsp3) is 0.360. The predicted molar refractivity (Wildman–Crippen MR) is 130 cm³/mol. The summed E-state index contributed by atoms with van der Waals surface area (Å²) in [5.74, 6) is -0.0729. The highest BCUT2D eigenvalue weighted by Gasteiger charge is 2.32. The van der Waals surface area contributed by atoms with Crippen molar-refractivity contribution in [3.63, 3.8) is 0 Å².